The van der Waals surface area contributed by atoms with Crippen molar-refractivity contribution in [1.82, 2.24) is 4.90 Å². The van der Waals surface area contributed by atoms with Crippen LogP contribution in [0.1, 0.15) is 34.1 Å². The zero-order chi connectivity index (χ0) is 11.6. The number of carbonyl (C=O) groups is 1. The van der Waals surface area contributed by atoms with Crippen LogP contribution >= 0.6 is 15.9 Å². The third kappa shape index (κ3) is 3.20. The topological polar surface area (TPSA) is 20.3 Å². The van der Waals surface area contributed by atoms with E-state index in [2.05, 4.69) is 43.6 Å². The highest BCUT2D eigenvalue weighted by molar-refractivity contribution is 9.10. The Kier molecular flexibility index (Phi) is 4.63. The Morgan fingerprint density at radius 3 is 2.33 bits per heavy atom. The molecule has 1 saturated heterocycles. The van der Waals surface area contributed by atoms with Crippen LogP contribution in [0.4, 0.5) is 0 Å². The minimum Gasteiger partial charge on any atom is -0.341 e. The Morgan fingerprint density at radius 2 is 1.93 bits per heavy atom. The lowest BCUT2D eigenvalue weighted by atomic mass is 9.95. The van der Waals surface area contributed by atoms with Crippen LogP contribution in [-0.2, 0) is 4.79 Å². The molecule has 0 aromatic carbocycles. The van der Waals surface area contributed by atoms with E-state index in [4.69, 9.17) is 0 Å². The van der Waals surface area contributed by atoms with E-state index in [0.717, 1.165) is 13.1 Å². The van der Waals surface area contributed by atoms with Gasteiger partial charge in [0.25, 0.3) is 0 Å². The lowest BCUT2D eigenvalue weighted by molar-refractivity contribution is -0.130. The second-order valence-electron chi connectivity index (χ2n) is 5.22. The Morgan fingerprint density at radius 1 is 1.33 bits per heavy atom. The van der Waals surface area contributed by atoms with Gasteiger partial charge < -0.3 is 4.90 Å². The standard InChI is InChI=1S/C12H22BrNO/c1-8(2)10-5-6-14(7-10)12(15)11(13)9(3)4/h8-11H,5-7H2,1-4H3. The summed E-state index contributed by atoms with van der Waals surface area (Å²) in [4.78, 5) is 14.0. The van der Waals surface area contributed by atoms with E-state index in [1.165, 1.54) is 6.42 Å². The van der Waals surface area contributed by atoms with Gasteiger partial charge in [-0.2, -0.15) is 0 Å². The van der Waals surface area contributed by atoms with E-state index in [0.29, 0.717) is 17.8 Å². The molecular weight excluding hydrogens is 254 g/mol. The number of hydrogen-bond acceptors (Lipinski definition) is 1. The van der Waals surface area contributed by atoms with E-state index in [1.807, 2.05) is 4.90 Å². The summed E-state index contributed by atoms with van der Waals surface area (Å²) in [6.07, 6.45) is 1.17. The smallest absolute Gasteiger partial charge is 0.236 e. The van der Waals surface area contributed by atoms with Crippen LogP contribution in [0, 0.1) is 17.8 Å². The molecule has 1 aliphatic heterocycles. The molecule has 2 nitrogen and oxygen atoms in total. The first-order valence-corrected chi connectivity index (χ1v) is 6.78. The highest BCUT2D eigenvalue weighted by Gasteiger charge is 2.31. The van der Waals surface area contributed by atoms with Crippen LogP contribution in [-0.4, -0.2) is 28.7 Å². The fourth-order valence-electron chi connectivity index (χ4n) is 1.99. The monoisotopic (exact) mass is 275 g/mol. The largest absolute Gasteiger partial charge is 0.341 e. The fraction of sp³-hybridized carbons (Fsp3) is 0.917. The maximum atomic E-state index is 12.0. The molecule has 0 radical (unpaired) electrons. The summed E-state index contributed by atoms with van der Waals surface area (Å²) in [5.41, 5.74) is 0. The lowest BCUT2D eigenvalue weighted by Crippen LogP contribution is -2.37. The zero-order valence-corrected chi connectivity index (χ0v) is 11.8. The zero-order valence-electron chi connectivity index (χ0n) is 10.2. The summed E-state index contributed by atoms with van der Waals surface area (Å²) in [5, 5.41) is 0. The SMILES string of the molecule is CC(C)C1CCN(C(=O)C(Br)C(C)C)C1. The van der Waals surface area contributed by atoms with E-state index in [-0.39, 0.29) is 10.7 Å². The number of amides is 1. The number of halogens is 1. The van der Waals surface area contributed by atoms with Crippen LogP contribution in [0.3, 0.4) is 0 Å². The van der Waals surface area contributed by atoms with Crippen LogP contribution in [0.25, 0.3) is 0 Å². The van der Waals surface area contributed by atoms with Gasteiger partial charge in [-0.25, -0.2) is 0 Å². The summed E-state index contributed by atoms with van der Waals surface area (Å²) in [5.74, 6) is 2.03. The van der Waals surface area contributed by atoms with Crippen LogP contribution in [0.5, 0.6) is 0 Å². The van der Waals surface area contributed by atoms with E-state index < -0.39 is 0 Å². The quantitative estimate of drug-likeness (QED) is 0.726. The first-order chi connectivity index (χ1) is 6.93. The Bertz CT molecular complexity index is 228. The molecule has 0 aliphatic carbocycles. The third-order valence-corrected chi connectivity index (χ3v) is 4.75. The van der Waals surface area contributed by atoms with Gasteiger partial charge in [-0.3, -0.25) is 4.79 Å². The predicted octanol–water partition coefficient (Wildman–Crippen LogP) is 2.91. The maximum Gasteiger partial charge on any atom is 0.236 e. The molecule has 2 unspecified atom stereocenters. The summed E-state index contributed by atoms with van der Waals surface area (Å²) >= 11 is 3.48. The molecule has 15 heavy (non-hydrogen) atoms. The minimum absolute atomic E-state index is 0.0107. The number of rotatable bonds is 3. The van der Waals surface area contributed by atoms with Crippen LogP contribution in [0.15, 0.2) is 0 Å². The average molecular weight is 276 g/mol. The summed E-state index contributed by atoms with van der Waals surface area (Å²) < 4.78 is 0. The van der Waals surface area contributed by atoms with Crippen LogP contribution in [0.2, 0.25) is 0 Å². The molecule has 1 fully saturated rings. The van der Waals surface area contributed by atoms with Crippen molar-refractivity contribution in [3.8, 4) is 0 Å². The number of carbonyl (C=O) groups excluding carboxylic acids is 1. The van der Waals surface area contributed by atoms with Crippen molar-refractivity contribution in [2.45, 2.75) is 38.9 Å². The molecule has 0 aromatic heterocycles. The van der Waals surface area contributed by atoms with Gasteiger partial charge in [0.1, 0.15) is 0 Å². The highest BCUT2D eigenvalue weighted by atomic mass is 79.9. The molecule has 1 aliphatic rings. The molecule has 0 spiro atoms. The predicted molar refractivity (Wildman–Crippen MR) is 67.1 cm³/mol. The Labute approximate surface area is 102 Å². The van der Waals surface area contributed by atoms with Gasteiger partial charge in [0, 0.05) is 13.1 Å². The van der Waals surface area contributed by atoms with E-state index in [1.54, 1.807) is 0 Å². The van der Waals surface area contributed by atoms with Crippen molar-refractivity contribution in [1.29, 1.82) is 0 Å². The average Bonchev–Trinajstić information content (AvgIpc) is 2.64. The molecule has 0 aromatic rings. The molecule has 0 N–H and O–H groups in total. The normalized spacial score (nSPS) is 23.9. The number of hydrogen-bond donors (Lipinski definition) is 0. The third-order valence-electron chi connectivity index (χ3n) is 3.30. The highest BCUT2D eigenvalue weighted by Crippen LogP contribution is 2.26. The first-order valence-electron chi connectivity index (χ1n) is 5.86. The van der Waals surface area contributed by atoms with Gasteiger partial charge in [0.05, 0.1) is 4.83 Å². The fourth-order valence-corrected chi connectivity index (χ4v) is 2.28. The van der Waals surface area contributed by atoms with Gasteiger partial charge in [-0.15, -0.1) is 0 Å². The van der Waals surface area contributed by atoms with Gasteiger partial charge in [-0.05, 0) is 24.2 Å². The molecule has 1 amide bonds. The second-order valence-corrected chi connectivity index (χ2v) is 6.21. The lowest BCUT2D eigenvalue weighted by Gasteiger charge is -2.22. The summed E-state index contributed by atoms with van der Waals surface area (Å²) in [7, 11) is 0. The molecule has 88 valence electrons. The van der Waals surface area contributed by atoms with Crippen molar-refractivity contribution in [3.63, 3.8) is 0 Å². The van der Waals surface area contributed by atoms with Crippen molar-refractivity contribution in [3.05, 3.63) is 0 Å². The van der Waals surface area contributed by atoms with Crippen LogP contribution < -0.4 is 0 Å². The number of alkyl halides is 1. The first kappa shape index (κ1) is 13.0. The molecule has 1 heterocycles. The molecule has 0 bridgehead atoms. The molecule has 2 atom stereocenters. The van der Waals surface area contributed by atoms with Gasteiger partial charge >= 0.3 is 0 Å². The molecule has 1 rings (SSSR count). The Balaban J connectivity index is 2.50. The van der Waals surface area contributed by atoms with Gasteiger partial charge in [0.2, 0.25) is 5.91 Å². The summed E-state index contributed by atoms with van der Waals surface area (Å²) in [6.45, 7) is 10.5. The second kappa shape index (κ2) is 5.33. The minimum atomic E-state index is -0.0107. The van der Waals surface area contributed by atoms with Gasteiger partial charge in [-0.1, -0.05) is 43.6 Å². The van der Waals surface area contributed by atoms with Gasteiger partial charge in [0.15, 0.2) is 0 Å². The van der Waals surface area contributed by atoms with E-state index in [9.17, 15) is 4.79 Å². The summed E-state index contributed by atoms with van der Waals surface area (Å²) in [6, 6.07) is 0. The number of nitrogens with zero attached hydrogens (tertiary/aromatic N) is 1. The molecular formula is C12H22BrNO. The van der Waals surface area contributed by atoms with Crippen molar-refractivity contribution < 1.29 is 4.79 Å². The van der Waals surface area contributed by atoms with E-state index >= 15 is 0 Å². The Hall–Kier alpha value is -0.0500. The molecule has 0 saturated carbocycles. The van der Waals surface area contributed by atoms with Crippen molar-refractivity contribution in [2.24, 2.45) is 17.8 Å². The molecule has 3 heteroatoms. The van der Waals surface area contributed by atoms with Crippen molar-refractivity contribution in [2.75, 3.05) is 13.1 Å². The maximum absolute atomic E-state index is 12.0. The van der Waals surface area contributed by atoms with Crippen molar-refractivity contribution >= 4 is 21.8 Å². The number of likely N-dealkylation sites (tertiary alicyclic amines) is 1.